The van der Waals surface area contributed by atoms with Gasteiger partial charge in [-0.1, -0.05) is 45.0 Å². The van der Waals surface area contributed by atoms with Crippen LogP contribution in [-0.4, -0.2) is 19.1 Å². The Morgan fingerprint density at radius 2 is 1.45 bits per heavy atom. The summed E-state index contributed by atoms with van der Waals surface area (Å²) in [4.78, 5) is 0. The van der Waals surface area contributed by atoms with Gasteiger partial charge in [-0.25, -0.2) is 13.1 Å². The minimum atomic E-state index is -3.36. The predicted octanol–water partition coefficient (Wildman–Crippen LogP) is 2.57. The lowest BCUT2D eigenvalue weighted by molar-refractivity contribution is 0.282. The summed E-state index contributed by atoms with van der Waals surface area (Å²) < 4.78 is 27.4. The number of rotatable bonds is 8. The van der Waals surface area contributed by atoms with Crippen molar-refractivity contribution in [1.29, 1.82) is 0 Å². The van der Waals surface area contributed by atoms with Crippen LogP contribution in [0.15, 0.2) is 24.3 Å². The molecule has 0 radical (unpaired) electrons. The van der Waals surface area contributed by atoms with Crippen LogP contribution in [0.1, 0.15) is 51.2 Å². The van der Waals surface area contributed by atoms with Gasteiger partial charge < -0.3 is 5.11 Å². The lowest BCUT2D eigenvalue weighted by Crippen LogP contribution is -2.47. The van der Waals surface area contributed by atoms with Crippen molar-refractivity contribution in [2.24, 2.45) is 0 Å². The van der Waals surface area contributed by atoms with Crippen LogP contribution in [-0.2, 0) is 22.4 Å². The third-order valence-electron chi connectivity index (χ3n) is 3.96. The summed E-state index contributed by atoms with van der Waals surface area (Å²) in [5.74, 6) is -0.0273. The molecule has 0 amide bonds. The van der Waals surface area contributed by atoms with Crippen molar-refractivity contribution in [3.63, 3.8) is 0 Å². The van der Waals surface area contributed by atoms with Gasteiger partial charge in [0, 0.05) is 5.54 Å². The van der Waals surface area contributed by atoms with Crippen molar-refractivity contribution in [3.05, 3.63) is 35.4 Å². The summed E-state index contributed by atoms with van der Waals surface area (Å²) in [6.07, 6.45) is 2.34. The molecule has 0 saturated carbocycles. The fraction of sp³-hybridized carbons (Fsp3) is 0.600. The monoisotopic (exact) mass is 299 g/mol. The smallest absolute Gasteiger partial charge is 0.216 e. The number of hydrogen-bond donors (Lipinski definition) is 2. The van der Waals surface area contributed by atoms with Gasteiger partial charge in [0.1, 0.15) is 0 Å². The highest BCUT2D eigenvalue weighted by Gasteiger charge is 2.29. The highest BCUT2D eigenvalue weighted by atomic mass is 32.2. The molecular weight excluding hydrogens is 274 g/mol. The second-order valence-electron chi connectivity index (χ2n) is 5.18. The number of benzene rings is 1. The molecule has 1 aromatic rings. The maximum absolute atomic E-state index is 12.3. The molecule has 0 aromatic heterocycles. The maximum Gasteiger partial charge on any atom is 0.216 e. The summed E-state index contributed by atoms with van der Waals surface area (Å²) in [6.45, 7) is 5.98. The summed E-state index contributed by atoms with van der Waals surface area (Å²) in [5, 5.41) is 8.98. The van der Waals surface area contributed by atoms with Crippen LogP contribution >= 0.6 is 0 Å². The Kier molecular flexibility index (Phi) is 6.17. The highest BCUT2D eigenvalue weighted by molar-refractivity contribution is 7.88. The quantitative estimate of drug-likeness (QED) is 0.775. The Bertz CT molecular complexity index is 496. The third kappa shape index (κ3) is 4.58. The minimum Gasteiger partial charge on any atom is -0.392 e. The normalized spacial score (nSPS) is 12.6. The summed E-state index contributed by atoms with van der Waals surface area (Å²) in [5.41, 5.74) is 1.17. The van der Waals surface area contributed by atoms with E-state index in [0.717, 1.165) is 30.4 Å². The predicted molar refractivity (Wildman–Crippen MR) is 81.7 cm³/mol. The van der Waals surface area contributed by atoms with Crippen LogP contribution in [0.3, 0.4) is 0 Å². The minimum absolute atomic E-state index is 0.0273. The van der Waals surface area contributed by atoms with E-state index < -0.39 is 10.0 Å². The molecule has 0 bridgehead atoms. The molecule has 0 aliphatic heterocycles. The summed E-state index contributed by atoms with van der Waals surface area (Å²) in [6, 6.07) is 6.99. The molecule has 0 aliphatic carbocycles. The molecule has 2 N–H and O–H groups in total. The Morgan fingerprint density at radius 3 is 1.85 bits per heavy atom. The fourth-order valence-corrected chi connectivity index (χ4v) is 4.09. The molecule has 4 nitrogen and oxygen atoms in total. The number of aliphatic hydroxyl groups excluding tert-OH is 1. The topological polar surface area (TPSA) is 66.4 Å². The maximum atomic E-state index is 12.3. The molecule has 0 unspecified atom stereocenters. The lowest BCUT2D eigenvalue weighted by Gasteiger charge is -2.31. The van der Waals surface area contributed by atoms with Crippen molar-refractivity contribution in [2.75, 3.05) is 0 Å². The number of nitrogens with one attached hydrogen (secondary N) is 1. The molecule has 20 heavy (non-hydrogen) atoms. The average Bonchev–Trinajstić information content (AvgIpc) is 2.45. The molecule has 0 heterocycles. The first-order valence-electron chi connectivity index (χ1n) is 7.10. The van der Waals surface area contributed by atoms with Crippen molar-refractivity contribution in [3.8, 4) is 0 Å². The van der Waals surface area contributed by atoms with Crippen LogP contribution < -0.4 is 4.72 Å². The zero-order chi connectivity index (χ0) is 15.2. The first-order valence-corrected chi connectivity index (χ1v) is 8.76. The Labute approximate surface area is 122 Å². The van der Waals surface area contributed by atoms with Crippen molar-refractivity contribution < 1.29 is 13.5 Å². The zero-order valence-electron chi connectivity index (χ0n) is 12.5. The molecule has 114 valence electrons. The Balaban J connectivity index is 2.83. The first-order chi connectivity index (χ1) is 9.40. The molecule has 5 heteroatoms. The van der Waals surface area contributed by atoms with Gasteiger partial charge in [-0.2, -0.15) is 0 Å². The fourth-order valence-electron chi connectivity index (χ4n) is 2.29. The standard InChI is InChI=1S/C15H25NO3S/c1-4-15(5-2,6-3)16-20(18,19)12-14-9-7-13(11-17)8-10-14/h7-10,16-17H,4-6,11-12H2,1-3H3. The van der Waals surface area contributed by atoms with E-state index in [1.54, 1.807) is 24.3 Å². The van der Waals surface area contributed by atoms with Gasteiger partial charge in [0.05, 0.1) is 12.4 Å². The molecule has 0 atom stereocenters. The van der Waals surface area contributed by atoms with E-state index in [1.165, 1.54) is 0 Å². The molecule has 0 spiro atoms. The van der Waals surface area contributed by atoms with Crippen LogP contribution in [0.25, 0.3) is 0 Å². The number of aliphatic hydroxyl groups is 1. The van der Waals surface area contributed by atoms with Gasteiger partial charge >= 0.3 is 0 Å². The Hall–Kier alpha value is -0.910. The molecule has 1 rings (SSSR count). The van der Waals surface area contributed by atoms with Gasteiger partial charge in [-0.3, -0.25) is 0 Å². The van der Waals surface area contributed by atoms with E-state index in [2.05, 4.69) is 4.72 Å². The second-order valence-corrected chi connectivity index (χ2v) is 6.90. The lowest BCUT2D eigenvalue weighted by atomic mass is 9.91. The summed E-state index contributed by atoms with van der Waals surface area (Å²) in [7, 11) is -3.36. The van der Waals surface area contributed by atoms with Gasteiger partial charge in [-0.15, -0.1) is 0 Å². The average molecular weight is 299 g/mol. The van der Waals surface area contributed by atoms with E-state index in [1.807, 2.05) is 20.8 Å². The molecule has 0 aliphatic rings. The van der Waals surface area contributed by atoms with E-state index in [9.17, 15) is 8.42 Å². The van der Waals surface area contributed by atoms with E-state index >= 15 is 0 Å². The Morgan fingerprint density at radius 1 is 1.00 bits per heavy atom. The van der Waals surface area contributed by atoms with Gasteiger partial charge in [0.15, 0.2) is 0 Å². The SMILES string of the molecule is CCC(CC)(CC)NS(=O)(=O)Cc1ccc(CO)cc1. The van der Waals surface area contributed by atoms with Crippen LogP contribution in [0, 0.1) is 0 Å². The molecule has 1 aromatic carbocycles. The van der Waals surface area contributed by atoms with Crippen LogP contribution in [0.2, 0.25) is 0 Å². The molecular formula is C15H25NO3S. The van der Waals surface area contributed by atoms with Crippen molar-refractivity contribution in [2.45, 2.75) is 57.9 Å². The van der Waals surface area contributed by atoms with Gasteiger partial charge in [0.25, 0.3) is 0 Å². The van der Waals surface area contributed by atoms with E-state index in [-0.39, 0.29) is 17.9 Å². The molecule has 0 fully saturated rings. The van der Waals surface area contributed by atoms with Crippen molar-refractivity contribution >= 4 is 10.0 Å². The van der Waals surface area contributed by atoms with Crippen molar-refractivity contribution in [1.82, 2.24) is 4.72 Å². The first kappa shape index (κ1) is 17.1. The van der Waals surface area contributed by atoms with Gasteiger partial charge in [-0.05, 0) is 30.4 Å². The third-order valence-corrected chi connectivity index (χ3v) is 5.42. The summed E-state index contributed by atoms with van der Waals surface area (Å²) >= 11 is 0. The van der Waals surface area contributed by atoms with Gasteiger partial charge in [0.2, 0.25) is 10.0 Å². The van der Waals surface area contributed by atoms with E-state index in [0.29, 0.717) is 0 Å². The number of sulfonamides is 1. The highest BCUT2D eigenvalue weighted by Crippen LogP contribution is 2.21. The van der Waals surface area contributed by atoms with Crippen LogP contribution in [0.5, 0.6) is 0 Å². The number of hydrogen-bond acceptors (Lipinski definition) is 3. The largest absolute Gasteiger partial charge is 0.392 e. The van der Waals surface area contributed by atoms with Crippen LogP contribution in [0.4, 0.5) is 0 Å². The second kappa shape index (κ2) is 7.20. The van der Waals surface area contributed by atoms with E-state index in [4.69, 9.17) is 5.11 Å². The molecule has 0 saturated heterocycles. The zero-order valence-corrected chi connectivity index (χ0v) is 13.3.